The van der Waals surface area contributed by atoms with E-state index < -0.39 is 0 Å². The Morgan fingerprint density at radius 3 is 2.40 bits per heavy atom. The summed E-state index contributed by atoms with van der Waals surface area (Å²) < 4.78 is 0.888. The standard InChI is InChI=1S/C18H18N4O2S/c1-3-16(23)22-18-21-14-9-8-13(10-15(14)25-18)20-17(24)19-12-6-4-11(2)5-7-12/h4-10H,3H2,1-2H3,(H2,19,20,24)(H,21,22,23). The zero-order chi connectivity index (χ0) is 17.8. The van der Waals surface area contributed by atoms with E-state index in [2.05, 4.69) is 20.9 Å². The van der Waals surface area contributed by atoms with Gasteiger partial charge in [-0.25, -0.2) is 9.78 Å². The number of carbonyl (C=O) groups excluding carboxylic acids is 2. The molecule has 0 bridgehead atoms. The van der Waals surface area contributed by atoms with Crippen LogP contribution < -0.4 is 16.0 Å². The van der Waals surface area contributed by atoms with E-state index in [9.17, 15) is 9.59 Å². The Morgan fingerprint density at radius 1 is 1.00 bits per heavy atom. The van der Waals surface area contributed by atoms with Gasteiger partial charge in [-0.1, -0.05) is 36.0 Å². The van der Waals surface area contributed by atoms with E-state index >= 15 is 0 Å². The molecule has 25 heavy (non-hydrogen) atoms. The molecular formula is C18H18N4O2S. The molecule has 0 spiro atoms. The molecule has 0 fully saturated rings. The summed E-state index contributed by atoms with van der Waals surface area (Å²) in [6.45, 7) is 3.78. The summed E-state index contributed by atoms with van der Waals surface area (Å²) in [6, 6.07) is 12.7. The molecular weight excluding hydrogens is 336 g/mol. The summed E-state index contributed by atoms with van der Waals surface area (Å²) in [5.74, 6) is -0.0742. The number of fused-ring (bicyclic) bond motifs is 1. The van der Waals surface area contributed by atoms with Gasteiger partial charge in [0.1, 0.15) is 0 Å². The predicted molar refractivity (Wildman–Crippen MR) is 102 cm³/mol. The molecule has 1 heterocycles. The second kappa shape index (κ2) is 7.31. The molecule has 3 aromatic rings. The first-order valence-corrected chi connectivity index (χ1v) is 8.70. The highest BCUT2D eigenvalue weighted by molar-refractivity contribution is 7.22. The minimum atomic E-state index is -0.313. The zero-order valence-corrected chi connectivity index (χ0v) is 14.7. The molecule has 0 aliphatic carbocycles. The summed E-state index contributed by atoms with van der Waals surface area (Å²) in [7, 11) is 0. The van der Waals surface area contributed by atoms with E-state index in [1.165, 1.54) is 11.3 Å². The molecule has 3 rings (SSSR count). The number of benzene rings is 2. The fourth-order valence-electron chi connectivity index (χ4n) is 2.19. The van der Waals surface area contributed by atoms with Gasteiger partial charge < -0.3 is 16.0 Å². The third-order valence-corrected chi connectivity index (χ3v) is 4.46. The van der Waals surface area contributed by atoms with Gasteiger partial charge in [-0.3, -0.25) is 4.79 Å². The average Bonchev–Trinajstić information content (AvgIpc) is 2.98. The highest BCUT2D eigenvalue weighted by Crippen LogP contribution is 2.28. The van der Waals surface area contributed by atoms with Gasteiger partial charge in [0.2, 0.25) is 5.91 Å². The number of amides is 3. The molecule has 0 saturated carbocycles. The van der Waals surface area contributed by atoms with Gasteiger partial charge in [0.05, 0.1) is 10.2 Å². The Balaban J connectivity index is 1.69. The van der Waals surface area contributed by atoms with Crippen molar-refractivity contribution in [3.8, 4) is 0 Å². The lowest BCUT2D eigenvalue weighted by atomic mass is 10.2. The summed E-state index contributed by atoms with van der Waals surface area (Å²) in [4.78, 5) is 27.9. The predicted octanol–water partition coefficient (Wildman–Crippen LogP) is 4.60. The van der Waals surface area contributed by atoms with E-state index in [0.29, 0.717) is 17.2 Å². The third-order valence-electron chi connectivity index (χ3n) is 3.52. The minimum absolute atomic E-state index is 0.0742. The van der Waals surface area contributed by atoms with Gasteiger partial charge in [0, 0.05) is 17.8 Å². The number of thiazole rings is 1. The van der Waals surface area contributed by atoms with Crippen LogP contribution in [-0.2, 0) is 4.79 Å². The Labute approximate surface area is 149 Å². The van der Waals surface area contributed by atoms with Crippen molar-refractivity contribution in [2.45, 2.75) is 20.3 Å². The van der Waals surface area contributed by atoms with Gasteiger partial charge in [-0.05, 0) is 37.3 Å². The van der Waals surface area contributed by atoms with Crippen LogP contribution in [-0.4, -0.2) is 16.9 Å². The van der Waals surface area contributed by atoms with E-state index in [0.717, 1.165) is 21.5 Å². The topological polar surface area (TPSA) is 83.1 Å². The van der Waals surface area contributed by atoms with Crippen molar-refractivity contribution < 1.29 is 9.59 Å². The van der Waals surface area contributed by atoms with Crippen LogP contribution in [0.4, 0.5) is 21.3 Å². The first-order chi connectivity index (χ1) is 12.0. The second-order valence-electron chi connectivity index (χ2n) is 5.55. The van der Waals surface area contributed by atoms with Gasteiger partial charge in [0.25, 0.3) is 0 Å². The van der Waals surface area contributed by atoms with E-state index in [1.807, 2.05) is 43.3 Å². The number of nitrogens with zero attached hydrogens (tertiary/aromatic N) is 1. The largest absolute Gasteiger partial charge is 0.323 e. The molecule has 6 nitrogen and oxygen atoms in total. The van der Waals surface area contributed by atoms with Crippen molar-refractivity contribution in [3.63, 3.8) is 0 Å². The Hall–Kier alpha value is -2.93. The van der Waals surface area contributed by atoms with Crippen molar-refractivity contribution in [3.05, 3.63) is 48.0 Å². The van der Waals surface area contributed by atoms with Gasteiger partial charge >= 0.3 is 6.03 Å². The fraction of sp³-hybridized carbons (Fsp3) is 0.167. The zero-order valence-electron chi connectivity index (χ0n) is 13.9. The number of rotatable bonds is 4. The first kappa shape index (κ1) is 16.9. The minimum Gasteiger partial charge on any atom is -0.308 e. The Morgan fingerprint density at radius 2 is 1.68 bits per heavy atom. The third kappa shape index (κ3) is 4.33. The Kier molecular flexibility index (Phi) is 4.95. The number of carbonyl (C=O) groups is 2. The molecule has 3 N–H and O–H groups in total. The SMILES string of the molecule is CCC(=O)Nc1nc2ccc(NC(=O)Nc3ccc(C)cc3)cc2s1. The van der Waals surface area contributed by atoms with Crippen LogP contribution >= 0.6 is 11.3 Å². The van der Waals surface area contributed by atoms with E-state index in [4.69, 9.17) is 0 Å². The van der Waals surface area contributed by atoms with Crippen LogP contribution in [0.3, 0.4) is 0 Å². The molecule has 0 saturated heterocycles. The molecule has 0 radical (unpaired) electrons. The number of anilines is 3. The summed E-state index contributed by atoms with van der Waals surface area (Å²) in [5, 5.41) is 8.89. The van der Waals surface area contributed by atoms with Crippen molar-refractivity contribution in [1.82, 2.24) is 4.98 Å². The van der Waals surface area contributed by atoms with Crippen LogP contribution in [0.25, 0.3) is 10.2 Å². The lowest BCUT2D eigenvalue weighted by Crippen LogP contribution is -2.19. The summed E-state index contributed by atoms with van der Waals surface area (Å²) >= 11 is 1.37. The monoisotopic (exact) mass is 354 g/mol. The van der Waals surface area contributed by atoms with Crippen molar-refractivity contribution >= 4 is 50.0 Å². The van der Waals surface area contributed by atoms with Gasteiger partial charge in [0.15, 0.2) is 5.13 Å². The number of aromatic nitrogens is 1. The molecule has 0 unspecified atom stereocenters. The number of hydrogen-bond donors (Lipinski definition) is 3. The highest BCUT2D eigenvalue weighted by Gasteiger charge is 2.08. The summed E-state index contributed by atoms with van der Waals surface area (Å²) in [6.07, 6.45) is 0.405. The normalized spacial score (nSPS) is 10.5. The van der Waals surface area contributed by atoms with Gasteiger partial charge in [-0.2, -0.15) is 0 Å². The lowest BCUT2D eigenvalue weighted by Gasteiger charge is -2.07. The van der Waals surface area contributed by atoms with Crippen LogP contribution in [0.2, 0.25) is 0 Å². The maximum absolute atomic E-state index is 12.1. The second-order valence-corrected chi connectivity index (χ2v) is 6.58. The molecule has 1 aromatic heterocycles. The summed E-state index contributed by atoms with van der Waals surface area (Å²) in [5.41, 5.74) is 3.30. The number of aryl methyl sites for hydroxylation is 1. The van der Waals surface area contributed by atoms with Crippen molar-refractivity contribution in [1.29, 1.82) is 0 Å². The molecule has 2 aromatic carbocycles. The quantitative estimate of drug-likeness (QED) is 0.640. The number of hydrogen-bond acceptors (Lipinski definition) is 4. The van der Waals surface area contributed by atoms with Crippen LogP contribution in [0, 0.1) is 6.92 Å². The van der Waals surface area contributed by atoms with E-state index in [-0.39, 0.29) is 11.9 Å². The van der Waals surface area contributed by atoms with E-state index in [1.54, 1.807) is 13.0 Å². The Bertz CT molecular complexity index is 918. The van der Waals surface area contributed by atoms with Crippen molar-refractivity contribution in [2.24, 2.45) is 0 Å². The molecule has 0 aliphatic rings. The first-order valence-electron chi connectivity index (χ1n) is 7.88. The molecule has 128 valence electrons. The average molecular weight is 354 g/mol. The molecule has 7 heteroatoms. The fourth-order valence-corrected chi connectivity index (χ4v) is 3.12. The maximum Gasteiger partial charge on any atom is 0.323 e. The molecule has 3 amide bonds. The maximum atomic E-state index is 12.1. The number of urea groups is 1. The highest BCUT2D eigenvalue weighted by atomic mass is 32.1. The lowest BCUT2D eigenvalue weighted by molar-refractivity contribution is -0.115. The smallest absolute Gasteiger partial charge is 0.308 e. The van der Waals surface area contributed by atoms with Crippen LogP contribution in [0.1, 0.15) is 18.9 Å². The molecule has 0 aliphatic heterocycles. The van der Waals surface area contributed by atoms with Gasteiger partial charge in [-0.15, -0.1) is 0 Å². The van der Waals surface area contributed by atoms with Crippen LogP contribution in [0.5, 0.6) is 0 Å². The van der Waals surface area contributed by atoms with Crippen molar-refractivity contribution in [2.75, 3.05) is 16.0 Å². The van der Waals surface area contributed by atoms with Crippen LogP contribution in [0.15, 0.2) is 42.5 Å². The number of nitrogens with one attached hydrogen (secondary N) is 3. The molecule has 0 atom stereocenters.